The van der Waals surface area contributed by atoms with Crippen LogP contribution in [0.4, 0.5) is 5.69 Å². The molecule has 1 aromatic heterocycles. The Kier molecular flexibility index (Phi) is 12.1. The number of benzene rings is 1. The molecule has 0 atom stereocenters. The number of ether oxygens (including phenoxy) is 2. The normalized spacial score (nSPS) is 11.2. The molecule has 32 heavy (non-hydrogen) atoms. The molecular weight excluding hydrogens is 400 g/mol. The van der Waals surface area contributed by atoms with E-state index in [1.54, 1.807) is 0 Å². The monoisotopic (exact) mass is 444 g/mol. The summed E-state index contributed by atoms with van der Waals surface area (Å²) in [5.41, 5.74) is 7.50. The second kappa shape index (κ2) is 14.8. The molecule has 0 saturated heterocycles. The Morgan fingerprint density at radius 2 is 1.34 bits per heavy atom. The number of fused-ring (bicyclic) bond motifs is 1. The average molecular weight is 445 g/mol. The fourth-order valence-corrected chi connectivity index (χ4v) is 3.98. The molecule has 0 aliphatic carbocycles. The predicted molar refractivity (Wildman–Crippen MR) is 136 cm³/mol. The van der Waals surface area contributed by atoms with Gasteiger partial charge in [-0.15, -0.1) is 0 Å². The van der Waals surface area contributed by atoms with Gasteiger partial charge < -0.3 is 19.8 Å². The summed E-state index contributed by atoms with van der Waals surface area (Å²) in [5, 5.41) is 0.909. The fourth-order valence-electron chi connectivity index (χ4n) is 3.98. The van der Waals surface area contributed by atoms with Crippen LogP contribution in [0.25, 0.3) is 10.9 Å². The maximum atomic E-state index is 13.5. The number of hydrogen-bond acceptors (Lipinski definition) is 4. The Bertz CT molecular complexity index is 860. The molecule has 2 rings (SSSR count). The van der Waals surface area contributed by atoms with Crippen molar-refractivity contribution in [3.63, 3.8) is 0 Å². The van der Waals surface area contributed by atoms with Crippen molar-refractivity contribution in [3.8, 4) is 11.5 Å². The van der Waals surface area contributed by atoms with Gasteiger partial charge in [-0.3, -0.25) is 4.79 Å². The van der Waals surface area contributed by atoms with Crippen molar-refractivity contribution in [2.24, 2.45) is 0 Å². The molecule has 0 aliphatic rings. The zero-order valence-electron chi connectivity index (χ0n) is 20.6. The Morgan fingerprint density at radius 1 is 0.750 bits per heavy atom. The van der Waals surface area contributed by atoms with Crippen molar-refractivity contribution in [2.45, 2.75) is 104 Å². The maximum absolute atomic E-state index is 13.5. The summed E-state index contributed by atoms with van der Waals surface area (Å²) in [6.07, 6.45) is 13.5. The van der Waals surface area contributed by atoms with E-state index in [1.807, 2.05) is 22.8 Å². The lowest BCUT2D eigenvalue weighted by Crippen LogP contribution is -2.24. The van der Waals surface area contributed by atoms with Crippen LogP contribution in [-0.2, 0) is 6.54 Å². The van der Waals surface area contributed by atoms with Crippen LogP contribution in [0.2, 0.25) is 0 Å². The molecule has 0 unspecified atom stereocenters. The van der Waals surface area contributed by atoms with Crippen LogP contribution in [0.1, 0.15) is 97.8 Å². The van der Waals surface area contributed by atoms with E-state index < -0.39 is 0 Å². The zero-order chi connectivity index (χ0) is 23.2. The van der Waals surface area contributed by atoms with Crippen molar-refractivity contribution in [1.29, 1.82) is 0 Å². The second-order valence-electron chi connectivity index (χ2n) is 8.77. The summed E-state index contributed by atoms with van der Waals surface area (Å²) < 4.78 is 14.1. The third-order valence-corrected chi connectivity index (χ3v) is 5.93. The molecule has 0 radical (unpaired) electrons. The van der Waals surface area contributed by atoms with E-state index in [1.165, 1.54) is 38.5 Å². The molecule has 0 fully saturated rings. The lowest BCUT2D eigenvalue weighted by atomic mass is 10.1. The highest BCUT2D eigenvalue weighted by molar-refractivity contribution is 5.90. The van der Waals surface area contributed by atoms with Crippen LogP contribution in [-0.4, -0.2) is 17.8 Å². The predicted octanol–water partition coefficient (Wildman–Crippen LogP) is 7.08. The molecule has 1 aromatic carbocycles. The van der Waals surface area contributed by atoms with Gasteiger partial charge in [0.05, 0.1) is 18.7 Å². The Hall–Kier alpha value is -2.17. The van der Waals surface area contributed by atoms with Crippen molar-refractivity contribution in [1.82, 2.24) is 4.57 Å². The number of hydrogen-bond donors (Lipinski definition) is 1. The third-order valence-electron chi connectivity index (χ3n) is 5.93. The molecule has 0 bridgehead atoms. The van der Waals surface area contributed by atoms with Gasteiger partial charge in [-0.2, -0.15) is 0 Å². The first-order chi connectivity index (χ1) is 15.6. The molecule has 1 heterocycles. The largest absolute Gasteiger partial charge is 0.489 e. The van der Waals surface area contributed by atoms with E-state index in [-0.39, 0.29) is 5.56 Å². The van der Waals surface area contributed by atoms with Gasteiger partial charge in [0.25, 0.3) is 5.56 Å². The van der Waals surface area contributed by atoms with Crippen LogP contribution in [0.15, 0.2) is 23.0 Å². The van der Waals surface area contributed by atoms with Gasteiger partial charge in [-0.1, -0.05) is 78.6 Å². The first-order valence-corrected chi connectivity index (χ1v) is 12.9. The number of rotatable bonds is 17. The van der Waals surface area contributed by atoms with Gasteiger partial charge in [-0.25, -0.2) is 0 Å². The number of anilines is 1. The Balaban J connectivity index is 2.34. The standard InChI is InChI=1S/C27H44N2O3/c1-4-7-10-12-13-14-18-29-24-21-22(28)16-17-23(24)25(31-20-15-11-8-5-2)26(27(29)30)32-19-9-6-3/h16-17,21H,4-15,18-20,28H2,1-3H3. The van der Waals surface area contributed by atoms with Gasteiger partial charge >= 0.3 is 0 Å². The van der Waals surface area contributed by atoms with Crippen LogP contribution < -0.4 is 20.8 Å². The van der Waals surface area contributed by atoms with Crippen LogP contribution in [0.5, 0.6) is 11.5 Å². The quantitative estimate of drug-likeness (QED) is 0.209. The fraction of sp³-hybridized carbons (Fsp3) is 0.667. The number of nitrogens with zero attached hydrogens (tertiary/aromatic N) is 1. The van der Waals surface area contributed by atoms with Crippen molar-refractivity contribution in [2.75, 3.05) is 18.9 Å². The van der Waals surface area contributed by atoms with Crippen LogP contribution >= 0.6 is 0 Å². The van der Waals surface area contributed by atoms with E-state index in [2.05, 4.69) is 20.8 Å². The van der Waals surface area contributed by atoms with Crippen LogP contribution in [0.3, 0.4) is 0 Å². The molecule has 180 valence electrons. The van der Waals surface area contributed by atoms with E-state index in [0.717, 1.165) is 49.4 Å². The Labute approximate surface area is 194 Å². The van der Waals surface area contributed by atoms with Gasteiger partial charge in [0.15, 0.2) is 5.75 Å². The molecular formula is C27H44N2O3. The highest BCUT2D eigenvalue weighted by Crippen LogP contribution is 2.34. The zero-order valence-corrected chi connectivity index (χ0v) is 20.6. The summed E-state index contributed by atoms with van der Waals surface area (Å²) in [4.78, 5) is 13.5. The highest BCUT2D eigenvalue weighted by atomic mass is 16.5. The number of nitrogen functional groups attached to an aromatic ring is 1. The van der Waals surface area contributed by atoms with E-state index in [9.17, 15) is 4.79 Å². The first-order valence-electron chi connectivity index (χ1n) is 12.9. The lowest BCUT2D eigenvalue weighted by Gasteiger charge is -2.19. The average Bonchev–Trinajstić information content (AvgIpc) is 2.79. The molecule has 2 N–H and O–H groups in total. The topological polar surface area (TPSA) is 66.5 Å². The van der Waals surface area contributed by atoms with Gasteiger partial charge in [0.1, 0.15) is 0 Å². The number of nitrogens with two attached hydrogens (primary N) is 1. The molecule has 0 saturated carbocycles. The summed E-state index contributed by atoms with van der Waals surface area (Å²) >= 11 is 0. The minimum Gasteiger partial charge on any atom is -0.489 e. The van der Waals surface area contributed by atoms with Crippen molar-refractivity contribution in [3.05, 3.63) is 28.6 Å². The molecule has 5 nitrogen and oxygen atoms in total. The number of unbranched alkanes of at least 4 members (excludes halogenated alkanes) is 9. The molecule has 0 amide bonds. The van der Waals surface area contributed by atoms with E-state index in [4.69, 9.17) is 15.2 Å². The third kappa shape index (κ3) is 7.75. The number of aromatic nitrogens is 1. The smallest absolute Gasteiger partial charge is 0.297 e. The van der Waals surface area contributed by atoms with Gasteiger partial charge in [0.2, 0.25) is 5.75 Å². The number of pyridine rings is 1. The first kappa shape index (κ1) is 26.1. The molecule has 5 heteroatoms. The maximum Gasteiger partial charge on any atom is 0.297 e. The minimum atomic E-state index is -0.101. The summed E-state index contributed by atoms with van der Waals surface area (Å²) in [5.74, 6) is 0.939. The Morgan fingerprint density at radius 3 is 2.06 bits per heavy atom. The number of aryl methyl sites for hydroxylation is 1. The highest BCUT2D eigenvalue weighted by Gasteiger charge is 2.20. The van der Waals surface area contributed by atoms with Crippen molar-refractivity contribution < 1.29 is 9.47 Å². The summed E-state index contributed by atoms with van der Waals surface area (Å²) in [6, 6.07) is 5.74. The summed E-state index contributed by atoms with van der Waals surface area (Å²) in [6.45, 7) is 8.33. The van der Waals surface area contributed by atoms with Crippen LogP contribution in [0, 0.1) is 0 Å². The van der Waals surface area contributed by atoms with E-state index >= 15 is 0 Å². The van der Waals surface area contributed by atoms with Gasteiger partial charge in [0, 0.05) is 17.6 Å². The summed E-state index contributed by atoms with van der Waals surface area (Å²) in [7, 11) is 0. The van der Waals surface area contributed by atoms with E-state index in [0.29, 0.717) is 36.9 Å². The van der Waals surface area contributed by atoms with Crippen molar-refractivity contribution >= 4 is 16.6 Å². The molecule has 0 aliphatic heterocycles. The molecule has 0 spiro atoms. The minimum absolute atomic E-state index is 0.101. The van der Waals surface area contributed by atoms with Gasteiger partial charge in [-0.05, 0) is 37.5 Å². The lowest BCUT2D eigenvalue weighted by molar-refractivity contribution is 0.258. The second-order valence-corrected chi connectivity index (χ2v) is 8.77. The molecule has 2 aromatic rings. The SMILES string of the molecule is CCCCCCCCn1c(=O)c(OCCCC)c(OCCCCCC)c2ccc(N)cc21.